The number of carbonyl (C=O) groups is 1. The lowest BCUT2D eigenvalue weighted by molar-refractivity contribution is 0.0734. The molecule has 0 aliphatic rings. The SMILES string of the molecule is O=C(Oc1ccc(/C=N\n2c(Cc3cccs3)n[nH]c2=S)cc1)c1ccc(F)cc1. The predicted octanol–water partition coefficient (Wildman–Crippen LogP) is 4.83. The molecule has 2 aromatic carbocycles. The summed E-state index contributed by atoms with van der Waals surface area (Å²) < 4.78 is 20.2. The van der Waals surface area contributed by atoms with E-state index < -0.39 is 11.8 Å². The standard InChI is InChI=1S/C21H15FN4O2S2/c22-16-7-5-15(6-8-16)20(27)28-17-9-3-14(4-10-17)13-23-26-19(24-25-21(26)29)12-18-2-1-11-30-18/h1-11,13H,12H2,(H,25,29)/b23-13-. The zero-order valence-electron chi connectivity index (χ0n) is 15.5. The predicted molar refractivity (Wildman–Crippen MR) is 115 cm³/mol. The van der Waals surface area contributed by atoms with Crippen molar-refractivity contribution in [1.29, 1.82) is 0 Å². The number of thiophene rings is 1. The van der Waals surface area contributed by atoms with Gasteiger partial charge < -0.3 is 4.74 Å². The number of hydrogen-bond acceptors (Lipinski definition) is 6. The van der Waals surface area contributed by atoms with Gasteiger partial charge in [-0.2, -0.15) is 14.9 Å². The van der Waals surface area contributed by atoms with Crippen molar-refractivity contribution in [2.24, 2.45) is 5.10 Å². The van der Waals surface area contributed by atoms with E-state index in [1.807, 2.05) is 17.5 Å². The molecule has 4 aromatic rings. The highest BCUT2D eigenvalue weighted by atomic mass is 32.1. The number of hydrogen-bond donors (Lipinski definition) is 1. The zero-order chi connectivity index (χ0) is 20.9. The zero-order valence-corrected chi connectivity index (χ0v) is 17.1. The van der Waals surface area contributed by atoms with Crippen molar-refractivity contribution in [3.05, 3.63) is 98.5 Å². The van der Waals surface area contributed by atoms with E-state index in [0.717, 1.165) is 10.4 Å². The molecule has 0 saturated heterocycles. The van der Waals surface area contributed by atoms with Crippen LogP contribution in [-0.2, 0) is 6.42 Å². The fraction of sp³-hybridized carbons (Fsp3) is 0.0476. The molecule has 1 N–H and O–H groups in total. The van der Waals surface area contributed by atoms with Crippen molar-refractivity contribution in [1.82, 2.24) is 14.9 Å². The Morgan fingerprint density at radius 3 is 2.67 bits per heavy atom. The van der Waals surface area contributed by atoms with E-state index >= 15 is 0 Å². The first-order valence-corrected chi connectivity index (χ1v) is 10.2. The van der Waals surface area contributed by atoms with Crippen molar-refractivity contribution in [3.8, 4) is 5.75 Å². The van der Waals surface area contributed by atoms with Crippen LogP contribution in [-0.4, -0.2) is 27.1 Å². The summed E-state index contributed by atoms with van der Waals surface area (Å²) in [5, 5.41) is 13.4. The summed E-state index contributed by atoms with van der Waals surface area (Å²) in [6.07, 6.45) is 2.27. The fourth-order valence-corrected chi connectivity index (χ4v) is 3.52. The molecule has 6 nitrogen and oxygen atoms in total. The highest BCUT2D eigenvalue weighted by molar-refractivity contribution is 7.71. The summed E-state index contributed by atoms with van der Waals surface area (Å²) in [5.74, 6) is 0.120. The van der Waals surface area contributed by atoms with Crippen molar-refractivity contribution in [3.63, 3.8) is 0 Å². The third-order valence-corrected chi connectivity index (χ3v) is 5.26. The molecule has 0 aliphatic carbocycles. The normalized spacial score (nSPS) is 11.1. The summed E-state index contributed by atoms with van der Waals surface area (Å²) >= 11 is 6.90. The second-order valence-corrected chi connectivity index (χ2v) is 7.64. The first-order valence-electron chi connectivity index (χ1n) is 8.89. The van der Waals surface area contributed by atoms with E-state index in [-0.39, 0.29) is 5.56 Å². The summed E-state index contributed by atoms with van der Waals surface area (Å²) in [5.41, 5.74) is 1.07. The molecule has 2 heterocycles. The van der Waals surface area contributed by atoms with Gasteiger partial charge in [-0.1, -0.05) is 6.07 Å². The van der Waals surface area contributed by atoms with Crippen LogP contribution in [0.4, 0.5) is 4.39 Å². The molecule has 0 unspecified atom stereocenters. The lowest BCUT2D eigenvalue weighted by atomic mass is 10.2. The second-order valence-electron chi connectivity index (χ2n) is 6.22. The molecule has 0 atom stereocenters. The van der Waals surface area contributed by atoms with Gasteiger partial charge in [0.25, 0.3) is 0 Å². The van der Waals surface area contributed by atoms with Gasteiger partial charge in [-0.15, -0.1) is 11.3 Å². The number of nitrogens with one attached hydrogen (secondary N) is 1. The van der Waals surface area contributed by atoms with Gasteiger partial charge in [-0.05, 0) is 77.8 Å². The van der Waals surface area contributed by atoms with Crippen LogP contribution in [0.5, 0.6) is 5.75 Å². The molecular weight excluding hydrogens is 423 g/mol. The van der Waals surface area contributed by atoms with Crippen LogP contribution in [0.15, 0.2) is 71.1 Å². The number of rotatable bonds is 6. The van der Waals surface area contributed by atoms with Crippen molar-refractivity contribution >= 4 is 35.7 Å². The number of benzene rings is 2. The highest BCUT2D eigenvalue weighted by Gasteiger charge is 2.09. The third kappa shape index (κ3) is 4.76. The van der Waals surface area contributed by atoms with Crippen molar-refractivity contribution < 1.29 is 13.9 Å². The van der Waals surface area contributed by atoms with Gasteiger partial charge in [0.1, 0.15) is 11.6 Å². The van der Waals surface area contributed by atoms with Crippen LogP contribution >= 0.6 is 23.6 Å². The average Bonchev–Trinajstić information content (AvgIpc) is 3.38. The van der Waals surface area contributed by atoms with Gasteiger partial charge in [0.05, 0.1) is 11.8 Å². The number of nitrogens with zero attached hydrogens (tertiary/aromatic N) is 3. The van der Waals surface area contributed by atoms with Crippen LogP contribution in [0.2, 0.25) is 0 Å². The number of ether oxygens (including phenoxy) is 1. The first kappa shape index (κ1) is 19.9. The van der Waals surface area contributed by atoms with Gasteiger partial charge in [0, 0.05) is 11.3 Å². The summed E-state index contributed by atoms with van der Waals surface area (Å²) in [6, 6.07) is 16.0. The van der Waals surface area contributed by atoms with Crippen LogP contribution in [0.1, 0.15) is 26.6 Å². The fourth-order valence-electron chi connectivity index (χ4n) is 2.63. The van der Waals surface area contributed by atoms with Crippen molar-refractivity contribution in [2.45, 2.75) is 6.42 Å². The van der Waals surface area contributed by atoms with E-state index in [2.05, 4.69) is 15.3 Å². The maximum absolute atomic E-state index is 13.0. The molecule has 150 valence electrons. The minimum atomic E-state index is -0.556. The molecule has 0 amide bonds. The van der Waals surface area contributed by atoms with E-state index in [1.54, 1.807) is 46.5 Å². The Balaban J connectivity index is 1.44. The number of carbonyl (C=O) groups excluding carboxylic acids is 1. The topological polar surface area (TPSA) is 72.3 Å². The van der Waals surface area contributed by atoms with E-state index in [9.17, 15) is 9.18 Å². The molecule has 30 heavy (non-hydrogen) atoms. The molecular formula is C21H15FN4O2S2. The van der Waals surface area contributed by atoms with E-state index in [4.69, 9.17) is 17.0 Å². The van der Waals surface area contributed by atoms with Crippen LogP contribution < -0.4 is 4.74 Å². The molecule has 0 radical (unpaired) electrons. The largest absolute Gasteiger partial charge is 0.423 e. The Labute approximate surface area is 180 Å². The Kier molecular flexibility index (Phi) is 5.92. The monoisotopic (exact) mass is 438 g/mol. The lowest BCUT2D eigenvalue weighted by Gasteiger charge is -2.04. The Bertz CT molecular complexity index is 1230. The minimum Gasteiger partial charge on any atom is -0.423 e. The molecule has 0 aliphatic heterocycles. The number of halogens is 1. The number of esters is 1. The Morgan fingerprint density at radius 2 is 1.97 bits per heavy atom. The molecule has 4 rings (SSSR count). The van der Waals surface area contributed by atoms with Crippen molar-refractivity contribution in [2.75, 3.05) is 0 Å². The van der Waals surface area contributed by atoms with E-state index in [0.29, 0.717) is 22.8 Å². The Morgan fingerprint density at radius 1 is 1.20 bits per heavy atom. The van der Waals surface area contributed by atoms with Gasteiger partial charge in [-0.25, -0.2) is 9.18 Å². The molecule has 0 saturated carbocycles. The highest BCUT2D eigenvalue weighted by Crippen LogP contribution is 2.15. The minimum absolute atomic E-state index is 0.273. The molecule has 2 aromatic heterocycles. The summed E-state index contributed by atoms with van der Waals surface area (Å²) in [6.45, 7) is 0. The molecule has 0 bridgehead atoms. The smallest absolute Gasteiger partial charge is 0.343 e. The molecule has 0 fully saturated rings. The maximum Gasteiger partial charge on any atom is 0.343 e. The van der Waals surface area contributed by atoms with E-state index in [1.165, 1.54) is 24.3 Å². The maximum atomic E-state index is 13.0. The number of aromatic amines is 1. The van der Waals surface area contributed by atoms with Gasteiger partial charge in [0.2, 0.25) is 4.77 Å². The third-order valence-electron chi connectivity index (χ3n) is 4.12. The lowest BCUT2D eigenvalue weighted by Crippen LogP contribution is -2.08. The van der Waals surface area contributed by atoms with Gasteiger partial charge >= 0.3 is 5.97 Å². The summed E-state index contributed by atoms with van der Waals surface area (Å²) in [4.78, 5) is 13.3. The van der Waals surface area contributed by atoms with Crippen LogP contribution in [0, 0.1) is 10.6 Å². The van der Waals surface area contributed by atoms with Gasteiger partial charge in [-0.3, -0.25) is 5.10 Å². The van der Waals surface area contributed by atoms with Gasteiger partial charge in [0.15, 0.2) is 5.82 Å². The molecule has 0 spiro atoms. The summed E-state index contributed by atoms with van der Waals surface area (Å²) in [7, 11) is 0. The molecule has 9 heteroatoms. The Hall–Kier alpha value is -3.43. The number of H-pyrrole nitrogens is 1. The average molecular weight is 439 g/mol. The van der Waals surface area contributed by atoms with Crippen LogP contribution in [0.3, 0.4) is 0 Å². The number of aromatic nitrogens is 3. The first-order chi connectivity index (χ1) is 14.6. The second kappa shape index (κ2) is 8.93. The quantitative estimate of drug-likeness (QED) is 0.202. The van der Waals surface area contributed by atoms with Crippen LogP contribution in [0.25, 0.3) is 0 Å².